The Bertz CT molecular complexity index is 1700. The van der Waals surface area contributed by atoms with E-state index in [0.29, 0.717) is 28.6 Å². The van der Waals surface area contributed by atoms with Crippen molar-refractivity contribution in [2.75, 3.05) is 12.4 Å². The molecule has 6 rings (SSSR count). The monoisotopic (exact) mass is 574 g/mol. The molecule has 1 saturated carbocycles. The lowest BCUT2D eigenvalue weighted by molar-refractivity contribution is -0.615. The van der Waals surface area contributed by atoms with Crippen molar-refractivity contribution in [2.24, 2.45) is 5.92 Å². The van der Waals surface area contributed by atoms with E-state index in [1.54, 1.807) is 36.7 Å². The third-order valence-electron chi connectivity index (χ3n) is 7.07. The van der Waals surface area contributed by atoms with Crippen molar-refractivity contribution in [1.29, 1.82) is 0 Å². The van der Waals surface area contributed by atoms with Crippen LogP contribution in [0.4, 0.5) is 14.9 Å². The van der Waals surface area contributed by atoms with E-state index < -0.39 is 11.9 Å². The number of carbonyl (C=O) groups excluding carboxylic acids is 1. The van der Waals surface area contributed by atoms with Gasteiger partial charge in [0.2, 0.25) is 5.69 Å². The van der Waals surface area contributed by atoms with Crippen molar-refractivity contribution in [3.63, 3.8) is 0 Å². The van der Waals surface area contributed by atoms with E-state index in [1.807, 2.05) is 22.9 Å². The number of benzene rings is 2. The van der Waals surface area contributed by atoms with E-state index in [2.05, 4.69) is 30.6 Å². The van der Waals surface area contributed by atoms with E-state index in [0.717, 1.165) is 35.3 Å². The van der Waals surface area contributed by atoms with Gasteiger partial charge in [0.15, 0.2) is 12.0 Å². The maximum absolute atomic E-state index is 15.3. The maximum Gasteiger partial charge on any atom is 0.411 e. The van der Waals surface area contributed by atoms with Gasteiger partial charge in [0, 0.05) is 23.5 Å². The number of aromatic nitrogens is 7. The fourth-order valence-corrected chi connectivity index (χ4v) is 4.95. The lowest BCUT2D eigenvalue weighted by atomic mass is 10.0. The molecule has 5 aromatic rings. The number of nitrogens with one attached hydrogen (secondary N) is 1. The first-order valence-electron chi connectivity index (χ1n) is 12.8. The summed E-state index contributed by atoms with van der Waals surface area (Å²) in [6.45, 7) is 0. The zero-order valence-corrected chi connectivity index (χ0v) is 22.6. The maximum atomic E-state index is 15.3. The summed E-state index contributed by atoms with van der Waals surface area (Å²) < 4.78 is 23.9. The summed E-state index contributed by atoms with van der Waals surface area (Å²) in [4.78, 5) is 16.0. The molecule has 208 valence electrons. The number of pyridine rings is 1. The van der Waals surface area contributed by atoms with Crippen molar-refractivity contribution in [3.05, 3.63) is 95.3 Å². The van der Waals surface area contributed by atoms with E-state index >= 15 is 4.39 Å². The highest BCUT2D eigenvalue weighted by Crippen LogP contribution is 2.40. The highest BCUT2D eigenvalue weighted by atomic mass is 35.5. The van der Waals surface area contributed by atoms with Gasteiger partial charge in [-0.1, -0.05) is 36.6 Å². The first-order chi connectivity index (χ1) is 19.9. The SMILES string of the molecule is COC(=O)Nc1ccc(-c2cn(C(CC3CC3)c3ccc(-c4c(-n5cnnn5)ccc(Cl)c4F)c[n+]3[O-])cn2)cc1. The van der Waals surface area contributed by atoms with E-state index in [4.69, 9.17) is 11.6 Å². The van der Waals surface area contributed by atoms with Crippen LogP contribution in [0.25, 0.3) is 28.1 Å². The molecule has 1 N–H and O–H groups in total. The topological polar surface area (TPSA) is 127 Å². The second-order valence-electron chi connectivity index (χ2n) is 9.77. The molecular formula is C28H24ClFN8O3. The summed E-state index contributed by atoms with van der Waals surface area (Å²) in [5.74, 6) is -0.167. The van der Waals surface area contributed by atoms with Gasteiger partial charge in [-0.3, -0.25) is 5.32 Å². The first kappa shape index (κ1) is 26.4. The lowest BCUT2D eigenvalue weighted by Gasteiger charge is -2.19. The van der Waals surface area contributed by atoms with Crippen LogP contribution in [-0.2, 0) is 4.74 Å². The number of nitrogens with zero attached hydrogens (tertiary/aromatic N) is 7. The molecule has 1 unspecified atom stereocenters. The lowest BCUT2D eigenvalue weighted by Crippen LogP contribution is -2.35. The van der Waals surface area contributed by atoms with Crippen LogP contribution in [0.1, 0.15) is 31.0 Å². The molecule has 11 nitrogen and oxygen atoms in total. The predicted octanol–water partition coefficient (Wildman–Crippen LogP) is 5.19. The van der Waals surface area contributed by atoms with Crippen LogP contribution in [0.3, 0.4) is 0 Å². The fraction of sp³-hybridized carbons (Fsp3) is 0.214. The van der Waals surface area contributed by atoms with E-state index in [-0.39, 0.29) is 16.6 Å². The minimum atomic E-state index is -0.672. The van der Waals surface area contributed by atoms with Crippen molar-refractivity contribution in [1.82, 2.24) is 29.8 Å². The minimum Gasteiger partial charge on any atom is -0.618 e. The largest absolute Gasteiger partial charge is 0.618 e. The summed E-state index contributed by atoms with van der Waals surface area (Å²) in [6, 6.07) is 13.4. The van der Waals surface area contributed by atoms with Crippen LogP contribution in [0, 0.1) is 16.9 Å². The number of amides is 1. The molecular weight excluding hydrogens is 551 g/mol. The third kappa shape index (κ3) is 5.46. The average molecular weight is 575 g/mol. The summed E-state index contributed by atoms with van der Waals surface area (Å²) in [7, 11) is 1.30. The molecule has 13 heteroatoms. The van der Waals surface area contributed by atoms with Crippen LogP contribution in [0.5, 0.6) is 0 Å². The number of carbonyl (C=O) groups is 1. The number of rotatable bonds is 8. The van der Waals surface area contributed by atoms with Crippen LogP contribution in [-0.4, -0.2) is 43.0 Å². The zero-order chi connectivity index (χ0) is 28.5. The van der Waals surface area contributed by atoms with E-state index in [9.17, 15) is 10.0 Å². The molecule has 2 aromatic carbocycles. The van der Waals surface area contributed by atoms with Crippen molar-refractivity contribution < 1.29 is 18.7 Å². The number of methoxy groups -OCH3 is 1. The zero-order valence-electron chi connectivity index (χ0n) is 21.8. The van der Waals surface area contributed by atoms with Gasteiger partial charge in [-0.15, -0.1) is 5.10 Å². The molecule has 0 aliphatic heterocycles. The van der Waals surface area contributed by atoms with Crippen molar-refractivity contribution in [2.45, 2.75) is 25.3 Å². The number of anilines is 1. The Morgan fingerprint density at radius 3 is 2.63 bits per heavy atom. The third-order valence-corrected chi connectivity index (χ3v) is 7.36. The predicted molar refractivity (Wildman–Crippen MR) is 148 cm³/mol. The number of hydrogen-bond acceptors (Lipinski definition) is 7. The summed E-state index contributed by atoms with van der Waals surface area (Å²) in [5, 5.41) is 27.2. The minimum absolute atomic E-state index is 0.0787. The average Bonchev–Trinajstić information content (AvgIpc) is 3.41. The molecule has 41 heavy (non-hydrogen) atoms. The van der Waals surface area contributed by atoms with Gasteiger partial charge in [-0.05, 0) is 53.1 Å². The molecule has 1 aliphatic carbocycles. The highest BCUT2D eigenvalue weighted by Gasteiger charge is 2.32. The molecule has 1 amide bonds. The Balaban J connectivity index is 1.33. The van der Waals surface area contributed by atoms with Gasteiger partial charge in [0.25, 0.3) is 0 Å². The number of hydrogen-bond donors (Lipinski definition) is 1. The fourth-order valence-electron chi connectivity index (χ4n) is 4.79. The van der Waals surface area contributed by atoms with Crippen LogP contribution in [0.2, 0.25) is 5.02 Å². The molecule has 1 atom stereocenters. The van der Waals surface area contributed by atoms with Crippen molar-refractivity contribution >= 4 is 23.4 Å². The molecule has 1 fully saturated rings. The van der Waals surface area contributed by atoms with Gasteiger partial charge < -0.3 is 14.5 Å². The van der Waals surface area contributed by atoms with Crippen LogP contribution in [0.15, 0.2) is 73.6 Å². The Kier molecular flexibility index (Phi) is 7.06. The molecule has 0 radical (unpaired) electrons. The Morgan fingerprint density at radius 2 is 1.95 bits per heavy atom. The number of halogens is 2. The molecule has 3 heterocycles. The van der Waals surface area contributed by atoms with Gasteiger partial charge in [0.05, 0.1) is 41.0 Å². The number of ether oxygens (including phenoxy) is 1. The van der Waals surface area contributed by atoms with Gasteiger partial charge in [-0.2, -0.15) is 9.41 Å². The summed E-state index contributed by atoms with van der Waals surface area (Å²) in [5.41, 5.74) is 3.48. The second kappa shape index (κ2) is 11.0. The smallest absolute Gasteiger partial charge is 0.411 e. The Morgan fingerprint density at radius 1 is 1.17 bits per heavy atom. The quantitative estimate of drug-likeness (QED) is 0.200. The van der Waals surface area contributed by atoms with Gasteiger partial charge in [-0.25, -0.2) is 14.2 Å². The normalized spacial score (nSPS) is 13.6. The Hall–Kier alpha value is -4.84. The standard InChI is InChI=1S/C28H24ClFN8O3/c1-41-28(39)33-20-7-4-18(5-8-20)22-14-36(15-31-22)25(12-17-2-3-17)23-10-6-19(13-38(23)40)26-24(37-16-32-34-35-37)11-9-21(29)27(26)30/h4-11,13-17,25H,2-3,12H2,1H3,(H,33,39). The molecule has 0 spiro atoms. The number of imidazole rings is 1. The second-order valence-corrected chi connectivity index (χ2v) is 10.2. The van der Waals surface area contributed by atoms with Crippen LogP contribution >= 0.6 is 11.6 Å². The Labute approximate surface area is 238 Å². The van der Waals surface area contributed by atoms with Gasteiger partial charge >= 0.3 is 6.09 Å². The first-order valence-corrected chi connectivity index (χ1v) is 13.2. The van der Waals surface area contributed by atoms with Crippen LogP contribution < -0.4 is 10.0 Å². The summed E-state index contributed by atoms with van der Waals surface area (Å²) >= 11 is 6.10. The molecule has 0 bridgehead atoms. The summed E-state index contributed by atoms with van der Waals surface area (Å²) in [6.07, 6.45) is 8.73. The molecule has 0 saturated heterocycles. The molecule has 1 aliphatic rings. The van der Waals surface area contributed by atoms with Gasteiger partial charge in [0.1, 0.15) is 12.4 Å². The molecule has 3 aromatic heterocycles. The highest BCUT2D eigenvalue weighted by molar-refractivity contribution is 6.31. The number of tetrazole rings is 1. The van der Waals surface area contributed by atoms with Crippen molar-refractivity contribution in [3.8, 4) is 28.1 Å². The van der Waals surface area contributed by atoms with E-state index in [1.165, 1.54) is 30.4 Å².